The van der Waals surface area contributed by atoms with Crippen LogP contribution < -0.4 is 10.6 Å². The van der Waals surface area contributed by atoms with Crippen LogP contribution in [0.4, 0.5) is 8.78 Å². The molecule has 2 atom stereocenters. The minimum absolute atomic E-state index is 0. The second-order valence-corrected chi connectivity index (χ2v) is 7.76. The Morgan fingerprint density at radius 3 is 2.41 bits per heavy atom. The monoisotopic (exact) mass is 538 g/mol. The van der Waals surface area contributed by atoms with E-state index >= 15 is 0 Å². The predicted octanol–water partition coefficient (Wildman–Crippen LogP) is 3.71. The van der Waals surface area contributed by atoms with Crippen LogP contribution in [0.25, 0.3) is 0 Å². The number of hydrogen-bond donors (Lipinski definition) is 3. The van der Waals surface area contributed by atoms with E-state index < -0.39 is 23.3 Å². The molecular weight excluding hydrogens is 509 g/mol. The van der Waals surface area contributed by atoms with Gasteiger partial charge in [0, 0.05) is 18.7 Å². The highest BCUT2D eigenvalue weighted by Crippen LogP contribution is 2.24. The molecule has 1 aromatic carbocycles. The van der Waals surface area contributed by atoms with Gasteiger partial charge < -0.3 is 20.6 Å². The Balaban J connectivity index is 0.00000420. The van der Waals surface area contributed by atoms with E-state index in [0.717, 1.165) is 5.56 Å². The van der Waals surface area contributed by atoms with E-state index in [0.29, 0.717) is 12.5 Å². The summed E-state index contributed by atoms with van der Waals surface area (Å²) in [5, 5.41) is 20.7. The zero-order valence-corrected chi connectivity index (χ0v) is 20.2. The van der Waals surface area contributed by atoms with Gasteiger partial charge in [0.05, 0.1) is 12.6 Å². The maximum atomic E-state index is 14.2. The van der Waals surface area contributed by atoms with Crippen molar-refractivity contribution in [1.29, 1.82) is 0 Å². The molecule has 162 valence electrons. The van der Waals surface area contributed by atoms with E-state index in [9.17, 15) is 13.9 Å². The van der Waals surface area contributed by atoms with Crippen molar-refractivity contribution in [2.75, 3.05) is 33.7 Å². The van der Waals surface area contributed by atoms with E-state index in [1.54, 1.807) is 25.9 Å². The molecule has 1 aromatic heterocycles. The number of benzene rings is 1. The van der Waals surface area contributed by atoms with E-state index in [-0.39, 0.29) is 42.6 Å². The van der Waals surface area contributed by atoms with Crippen molar-refractivity contribution in [3.63, 3.8) is 0 Å². The molecule has 1 heterocycles. The van der Waals surface area contributed by atoms with Crippen LogP contribution in [0.1, 0.15) is 31.0 Å². The van der Waals surface area contributed by atoms with Crippen LogP contribution in [0, 0.1) is 11.6 Å². The largest absolute Gasteiger partial charge is 0.383 e. The third-order valence-corrected chi connectivity index (χ3v) is 5.13. The minimum Gasteiger partial charge on any atom is -0.383 e. The van der Waals surface area contributed by atoms with Gasteiger partial charge in [0.2, 0.25) is 0 Å². The zero-order valence-electron chi connectivity index (χ0n) is 17.1. The van der Waals surface area contributed by atoms with Gasteiger partial charge in [-0.3, -0.25) is 0 Å². The molecule has 3 N–H and O–H groups in total. The number of halogens is 3. The Labute approximate surface area is 192 Å². The number of aliphatic hydroxyl groups is 1. The molecule has 0 aliphatic heterocycles. The maximum Gasteiger partial charge on any atom is 0.191 e. The van der Waals surface area contributed by atoms with Crippen molar-refractivity contribution in [2.24, 2.45) is 4.99 Å². The molecule has 0 radical (unpaired) electrons. The lowest BCUT2D eigenvalue weighted by atomic mass is 10.00. The van der Waals surface area contributed by atoms with E-state index in [1.807, 2.05) is 23.8 Å². The molecule has 2 unspecified atom stereocenters. The van der Waals surface area contributed by atoms with Gasteiger partial charge in [-0.05, 0) is 62.5 Å². The molecule has 0 fully saturated rings. The Morgan fingerprint density at radius 1 is 1.24 bits per heavy atom. The number of likely N-dealkylation sites (N-methyl/N-ethyl adjacent to an activating group) is 1. The first-order valence-corrected chi connectivity index (χ1v) is 10.1. The number of rotatable bonds is 8. The summed E-state index contributed by atoms with van der Waals surface area (Å²) in [5.41, 5.74) is -0.279. The molecule has 0 saturated carbocycles. The molecule has 9 heteroatoms. The molecule has 0 spiro atoms. The van der Waals surface area contributed by atoms with Crippen LogP contribution in [0.15, 0.2) is 40.0 Å². The number of nitrogens with one attached hydrogen (secondary N) is 2. The van der Waals surface area contributed by atoms with Crippen molar-refractivity contribution < 1.29 is 13.9 Å². The van der Waals surface area contributed by atoms with E-state index in [2.05, 4.69) is 15.6 Å². The highest BCUT2D eigenvalue weighted by atomic mass is 127. The van der Waals surface area contributed by atoms with Crippen LogP contribution in [-0.4, -0.2) is 49.7 Å². The van der Waals surface area contributed by atoms with Crippen LogP contribution in [0.3, 0.4) is 0 Å². The molecule has 2 aromatic rings. The SMILES string of the molecule is CCNC(=NCC(C)(O)c1ccsc1)NCC(c1c(F)cccc1F)N(C)C.I. The third kappa shape index (κ3) is 7.16. The third-order valence-electron chi connectivity index (χ3n) is 4.45. The fourth-order valence-corrected chi connectivity index (χ4v) is 3.59. The lowest BCUT2D eigenvalue weighted by Crippen LogP contribution is -2.43. The number of hydrogen-bond acceptors (Lipinski definition) is 4. The smallest absolute Gasteiger partial charge is 0.191 e. The van der Waals surface area contributed by atoms with Crippen LogP contribution in [0.5, 0.6) is 0 Å². The summed E-state index contributed by atoms with van der Waals surface area (Å²) < 4.78 is 28.4. The molecule has 2 rings (SSSR count). The Bertz CT molecular complexity index is 765. The molecule has 0 aliphatic rings. The number of nitrogens with zero attached hydrogens (tertiary/aromatic N) is 2. The standard InChI is InChI=1S/C20H28F2N4OS.HI/c1-5-23-19(25-13-20(2,27)14-9-10-28-12-14)24-11-17(26(3)4)18-15(21)7-6-8-16(18)22;/h6-10,12,17,27H,5,11,13H2,1-4H3,(H2,23,24,25);1H. The fourth-order valence-electron chi connectivity index (χ4n) is 2.80. The Hall–Kier alpha value is -1.30. The van der Waals surface area contributed by atoms with Gasteiger partial charge in [-0.15, -0.1) is 24.0 Å². The lowest BCUT2D eigenvalue weighted by molar-refractivity contribution is 0.0677. The van der Waals surface area contributed by atoms with Gasteiger partial charge in [-0.1, -0.05) is 6.07 Å². The summed E-state index contributed by atoms with van der Waals surface area (Å²) in [7, 11) is 3.54. The summed E-state index contributed by atoms with van der Waals surface area (Å²) in [5.74, 6) is -0.688. The van der Waals surface area contributed by atoms with Crippen LogP contribution in [-0.2, 0) is 5.60 Å². The van der Waals surface area contributed by atoms with Gasteiger partial charge in [-0.2, -0.15) is 11.3 Å². The Morgan fingerprint density at radius 2 is 1.90 bits per heavy atom. The van der Waals surface area contributed by atoms with Crippen molar-refractivity contribution in [3.05, 3.63) is 57.8 Å². The highest BCUT2D eigenvalue weighted by Gasteiger charge is 2.24. The highest BCUT2D eigenvalue weighted by molar-refractivity contribution is 14.0. The summed E-state index contributed by atoms with van der Waals surface area (Å²) in [6, 6.07) is 5.21. The number of aliphatic imine (C=N–C) groups is 1. The minimum atomic E-state index is -1.10. The average molecular weight is 538 g/mol. The van der Waals surface area contributed by atoms with E-state index in [1.165, 1.54) is 29.5 Å². The van der Waals surface area contributed by atoms with Crippen molar-refractivity contribution in [1.82, 2.24) is 15.5 Å². The topological polar surface area (TPSA) is 59.9 Å². The second kappa shape index (κ2) is 11.8. The van der Waals surface area contributed by atoms with Gasteiger partial charge >= 0.3 is 0 Å². The Kier molecular flexibility index (Phi) is 10.4. The summed E-state index contributed by atoms with van der Waals surface area (Å²) >= 11 is 1.51. The first-order valence-electron chi connectivity index (χ1n) is 9.13. The summed E-state index contributed by atoms with van der Waals surface area (Å²) in [6.07, 6.45) is 0. The summed E-state index contributed by atoms with van der Waals surface area (Å²) in [6.45, 7) is 4.65. The molecule has 0 saturated heterocycles. The molecule has 29 heavy (non-hydrogen) atoms. The molecule has 0 aliphatic carbocycles. The molecule has 0 amide bonds. The lowest BCUT2D eigenvalue weighted by Gasteiger charge is -2.27. The quantitative estimate of drug-likeness (QED) is 0.273. The summed E-state index contributed by atoms with van der Waals surface area (Å²) in [4.78, 5) is 6.20. The first-order chi connectivity index (χ1) is 13.3. The first kappa shape index (κ1) is 25.7. The van der Waals surface area contributed by atoms with Gasteiger partial charge in [-0.25, -0.2) is 13.8 Å². The number of thiophene rings is 1. The van der Waals surface area contributed by atoms with Gasteiger partial charge in [0.1, 0.15) is 17.2 Å². The van der Waals surface area contributed by atoms with Gasteiger partial charge in [0.25, 0.3) is 0 Å². The zero-order chi connectivity index (χ0) is 20.7. The van der Waals surface area contributed by atoms with Crippen molar-refractivity contribution in [2.45, 2.75) is 25.5 Å². The second-order valence-electron chi connectivity index (χ2n) is 6.98. The van der Waals surface area contributed by atoms with Crippen molar-refractivity contribution >= 4 is 41.3 Å². The normalized spacial score (nSPS) is 14.8. The van der Waals surface area contributed by atoms with Crippen LogP contribution in [0.2, 0.25) is 0 Å². The van der Waals surface area contributed by atoms with Crippen LogP contribution >= 0.6 is 35.3 Å². The maximum absolute atomic E-state index is 14.2. The van der Waals surface area contributed by atoms with Gasteiger partial charge in [0.15, 0.2) is 5.96 Å². The molecular formula is C20H29F2IN4OS. The van der Waals surface area contributed by atoms with E-state index in [4.69, 9.17) is 0 Å². The molecule has 0 bridgehead atoms. The molecule has 5 nitrogen and oxygen atoms in total. The van der Waals surface area contributed by atoms with Crippen molar-refractivity contribution in [3.8, 4) is 0 Å². The predicted molar refractivity (Wildman–Crippen MR) is 126 cm³/mol. The average Bonchev–Trinajstić information content (AvgIpc) is 3.17. The number of guanidine groups is 1. The fraction of sp³-hybridized carbons (Fsp3) is 0.450.